The van der Waals surface area contributed by atoms with E-state index in [1.807, 2.05) is 0 Å². The van der Waals surface area contributed by atoms with E-state index >= 15 is 0 Å². The summed E-state index contributed by atoms with van der Waals surface area (Å²) in [5.74, 6) is 0.0944. The highest BCUT2D eigenvalue weighted by Gasteiger charge is 2.30. The fourth-order valence-corrected chi connectivity index (χ4v) is 2.88. The predicted molar refractivity (Wildman–Crippen MR) is 97.1 cm³/mol. The number of aromatic amines is 1. The first kappa shape index (κ1) is 20.5. The Balaban J connectivity index is 1.82. The quantitative estimate of drug-likeness (QED) is 0.593. The molecule has 0 atom stereocenters. The maximum atomic E-state index is 13.2. The van der Waals surface area contributed by atoms with Crippen molar-refractivity contribution in [3.05, 3.63) is 45.1 Å². The fraction of sp³-hybridized carbons (Fsp3) is 0.444. The molecule has 0 radical (unpaired) electrons. The molecule has 0 saturated carbocycles. The topological polar surface area (TPSA) is 111 Å². The van der Waals surface area contributed by atoms with Gasteiger partial charge in [0.05, 0.1) is 22.6 Å². The fourth-order valence-electron chi connectivity index (χ4n) is 2.88. The number of ether oxygens (including phenoxy) is 2. The number of rotatable bonds is 4. The van der Waals surface area contributed by atoms with Crippen molar-refractivity contribution in [2.45, 2.75) is 45.8 Å². The molecule has 0 saturated heterocycles. The third kappa shape index (κ3) is 4.61. The number of nitro groups is 1. The number of hydrogen-bond acceptors (Lipinski definition) is 6. The van der Waals surface area contributed by atoms with Crippen LogP contribution in [-0.2, 0) is 17.7 Å². The normalized spacial score (nSPS) is 13.9. The first-order valence-corrected chi connectivity index (χ1v) is 8.83. The van der Waals surface area contributed by atoms with Gasteiger partial charge in [-0.2, -0.15) is 0 Å². The second-order valence-electron chi connectivity index (χ2n) is 7.52. The van der Waals surface area contributed by atoms with Gasteiger partial charge in [-0.3, -0.25) is 15.2 Å². The van der Waals surface area contributed by atoms with Crippen molar-refractivity contribution in [1.82, 2.24) is 15.1 Å². The number of H-pyrrole nitrogens is 1. The minimum absolute atomic E-state index is 0.0189. The van der Waals surface area contributed by atoms with Crippen molar-refractivity contribution in [2.75, 3.05) is 6.54 Å². The number of nitro benzene ring substituents is 1. The molecule has 0 unspecified atom stereocenters. The SMILES string of the molecule is CC(C)(C)OC(=O)N1CCc2[nH]nc(Oc3ccc([N+](=O)[O-])c(C(F)F)c3)c2C1. The van der Waals surface area contributed by atoms with Crippen molar-refractivity contribution in [3.8, 4) is 11.6 Å². The van der Waals surface area contributed by atoms with E-state index in [4.69, 9.17) is 9.47 Å². The molecule has 9 nitrogen and oxygen atoms in total. The molecule has 1 aromatic heterocycles. The number of fused-ring (bicyclic) bond motifs is 1. The van der Waals surface area contributed by atoms with Gasteiger partial charge in [0.2, 0.25) is 5.88 Å². The molecule has 0 spiro atoms. The van der Waals surface area contributed by atoms with Gasteiger partial charge in [-0.05, 0) is 32.9 Å². The van der Waals surface area contributed by atoms with Gasteiger partial charge < -0.3 is 14.4 Å². The number of hydrogen-bond donors (Lipinski definition) is 1. The molecule has 1 aliphatic heterocycles. The monoisotopic (exact) mass is 410 g/mol. The smallest absolute Gasteiger partial charge is 0.410 e. The van der Waals surface area contributed by atoms with Crippen molar-refractivity contribution >= 4 is 11.8 Å². The second kappa shape index (κ2) is 7.64. The molecule has 0 bridgehead atoms. The van der Waals surface area contributed by atoms with E-state index in [2.05, 4.69) is 10.2 Å². The van der Waals surface area contributed by atoms with E-state index in [1.54, 1.807) is 20.8 Å². The number of nitrogens with one attached hydrogen (secondary N) is 1. The Hall–Kier alpha value is -3.24. The minimum Gasteiger partial charge on any atom is -0.444 e. The standard InChI is InChI=1S/C18H20F2N4O5/c1-18(2,3)29-17(25)23-7-6-13-12(9-23)16(22-21-13)28-10-4-5-14(24(26)27)11(8-10)15(19)20/h4-5,8,15H,6-7,9H2,1-3H3,(H,21,22). The number of halogens is 2. The summed E-state index contributed by atoms with van der Waals surface area (Å²) in [7, 11) is 0. The Morgan fingerprint density at radius 2 is 2.10 bits per heavy atom. The average Bonchev–Trinajstić information content (AvgIpc) is 3.02. The third-order valence-electron chi connectivity index (χ3n) is 4.19. The zero-order chi connectivity index (χ0) is 21.3. The van der Waals surface area contributed by atoms with Crippen LogP contribution in [0, 0.1) is 10.1 Å². The highest BCUT2D eigenvalue weighted by atomic mass is 19.3. The number of aromatic nitrogens is 2. The van der Waals surface area contributed by atoms with E-state index in [1.165, 1.54) is 11.0 Å². The molecule has 3 rings (SSSR count). The molecule has 0 fully saturated rings. The van der Waals surface area contributed by atoms with Gasteiger partial charge in [-0.1, -0.05) is 0 Å². The van der Waals surface area contributed by atoms with E-state index in [-0.39, 0.29) is 18.2 Å². The molecule has 0 aliphatic carbocycles. The van der Waals surface area contributed by atoms with Crippen LogP contribution < -0.4 is 4.74 Å². The third-order valence-corrected chi connectivity index (χ3v) is 4.19. The molecule has 2 aromatic rings. The number of carbonyl (C=O) groups excluding carboxylic acids is 1. The van der Waals surface area contributed by atoms with Gasteiger partial charge in [0, 0.05) is 24.7 Å². The van der Waals surface area contributed by atoms with Gasteiger partial charge in [0.25, 0.3) is 12.1 Å². The van der Waals surface area contributed by atoms with Gasteiger partial charge in [0.15, 0.2) is 0 Å². The van der Waals surface area contributed by atoms with E-state index in [9.17, 15) is 23.7 Å². The summed E-state index contributed by atoms with van der Waals surface area (Å²) in [5, 5.41) is 17.8. The van der Waals surface area contributed by atoms with Crippen molar-refractivity contribution in [3.63, 3.8) is 0 Å². The van der Waals surface area contributed by atoms with Crippen molar-refractivity contribution < 1.29 is 28.0 Å². The van der Waals surface area contributed by atoms with Gasteiger partial charge in [0.1, 0.15) is 11.4 Å². The molecule has 29 heavy (non-hydrogen) atoms. The molecule has 2 heterocycles. The number of carbonyl (C=O) groups is 1. The summed E-state index contributed by atoms with van der Waals surface area (Å²) >= 11 is 0. The lowest BCUT2D eigenvalue weighted by Gasteiger charge is -2.29. The van der Waals surface area contributed by atoms with Crippen LogP contribution in [0.15, 0.2) is 18.2 Å². The summed E-state index contributed by atoms with van der Waals surface area (Å²) in [6.45, 7) is 5.90. The number of alkyl halides is 2. The van der Waals surface area contributed by atoms with Crippen LogP contribution in [-0.4, -0.2) is 38.3 Å². The zero-order valence-corrected chi connectivity index (χ0v) is 16.1. The minimum atomic E-state index is -3.03. The number of nitrogens with zero attached hydrogens (tertiary/aromatic N) is 3. The summed E-state index contributed by atoms with van der Waals surface area (Å²) in [6.07, 6.45) is -3.02. The first-order chi connectivity index (χ1) is 13.5. The second-order valence-corrected chi connectivity index (χ2v) is 7.52. The Kier molecular flexibility index (Phi) is 5.40. The van der Waals surface area contributed by atoms with Crippen LogP contribution in [0.5, 0.6) is 11.6 Å². The lowest BCUT2D eigenvalue weighted by molar-refractivity contribution is -0.386. The average molecular weight is 410 g/mol. The Morgan fingerprint density at radius 3 is 2.72 bits per heavy atom. The zero-order valence-electron chi connectivity index (χ0n) is 16.1. The van der Waals surface area contributed by atoms with Crippen molar-refractivity contribution in [1.29, 1.82) is 0 Å². The molecular weight excluding hydrogens is 390 g/mol. The molecule has 1 aliphatic rings. The summed E-state index contributed by atoms with van der Waals surface area (Å²) in [4.78, 5) is 23.9. The summed E-state index contributed by atoms with van der Waals surface area (Å²) < 4.78 is 37.3. The lowest BCUT2D eigenvalue weighted by atomic mass is 10.1. The number of benzene rings is 1. The lowest BCUT2D eigenvalue weighted by Crippen LogP contribution is -2.39. The van der Waals surface area contributed by atoms with Gasteiger partial charge in [-0.15, -0.1) is 5.10 Å². The van der Waals surface area contributed by atoms with Crippen LogP contribution in [0.3, 0.4) is 0 Å². The summed E-state index contributed by atoms with van der Waals surface area (Å²) in [6, 6.07) is 3.10. The molecular formula is C18H20F2N4O5. The Morgan fingerprint density at radius 1 is 1.38 bits per heavy atom. The van der Waals surface area contributed by atoms with Crippen molar-refractivity contribution in [2.24, 2.45) is 0 Å². The maximum absolute atomic E-state index is 13.2. The summed E-state index contributed by atoms with van der Waals surface area (Å²) in [5.41, 5.74) is -0.716. The largest absolute Gasteiger partial charge is 0.444 e. The Labute approximate surface area is 164 Å². The maximum Gasteiger partial charge on any atom is 0.410 e. The Bertz CT molecular complexity index is 939. The molecule has 1 amide bonds. The van der Waals surface area contributed by atoms with Gasteiger partial charge in [-0.25, -0.2) is 13.6 Å². The predicted octanol–water partition coefficient (Wildman–Crippen LogP) is 4.34. The highest BCUT2D eigenvalue weighted by Crippen LogP contribution is 2.35. The highest BCUT2D eigenvalue weighted by molar-refractivity contribution is 5.68. The molecule has 11 heteroatoms. The van der Waals surface area contributed by atoms with Gasteiger partial charge >= 0.3 is 6.09 Å². The number of amides is 1. The van der Waals surface area contributed by atoms with E-state index in [0.29, 0.717) is 18.5 Å². The van der Waals surface area contributed by atoms with Crippen LogP contribution in [0.2, 0.25) is 0 Å². The van der Waals surface area contributed by atoms with E-state index < -0.39 is 34.3 Å². The van der Waals surface area contributed by atoms with Crippen LogP contribution in [0.4, 0.5) is 19.3 Å². The molecule has 156 valence electrons. The van der Waals surface area contributed by atoms with E-state index in [0.717, 1.165) is 17.8 Å². The van der Waals surface area contributed by atoms with Crippen LogP contribution in [0.25, 0.3) is 0 Å². The molecule has 1 aromatic carbocycles. The van der Waals surface area contributed by atoms with Crippen LogP contribution in [0.1, 0.15) is 44.0 Å². The first-order valence-electron chi connectivity index (χ1n) is 8.83. The molecule has 1 N–H and O–H groups in total. The van der Waals surface area contributed by atoms with Crippen LogP contribution >= 0.6 is 0 Å².